The topological polar surface area (TPSA) is 3.24 Å². The summed E-state index contributed by atoms with van der Waals surface area (Å²) in [6, 6.07) is 6.81. The van der Waals surface area contributed by atoms with Crippen molar-refractivity contribution in [1.82, 2.24) is 4.90 Å². The summed E-state index contributed by atoms with van der Waals surface area (Å²) in [6.07, 6.45) is 3.96. The van der Waals surface area contributed by atoms with Crippen LogP contribution in [0.25, 0.3) is 0 Å². The van der Waals surface area contributed by atoms with Gasteiger partial charge in [-0.15, -0.1) is 11.6 Å². The highest BCUT2D eigenvalue weighted by molar-refractivity contribution is 6.17. The minimum Gasteiger partial charge on any atom is -0.303 e. The van der Waals surface area contributed by atoms with Gasteiger partial charge in [0, 0.05) is 19.0 Å². The molecule has 2 atom stereocenters. The smallest absolute Gasteiger partial charge is 0.0474 e. The second-order valence-corrected chi connectivity index (χ2v) is 7.91. The summed E-state index contributed by atoms with van der Waals surface area (Å²) in [4.78, 5) is 2.67. The number of likely N-dealkylation sites (tertiary alicyclic amines) is 1. The average Bonchev–Trinajstić information content (AvgIpc) is 2.47. The lowest BCUT2D eigenvalue weighted by atomic mass is 9.89. The Morgan fingerprint density at radius 3 is 2.68 bits per heavy atom. The lowest BCUT2D eigenvalue weighted by Gasteiger charge is -2.33. The molecule has 1 aliphatic rings. The van der Waals surface area contributed by atoms with Crippen LogP contribution in [0, 0.1) is 11.8 Å². The molecule has 1 aromatic rings. The molecular weight excluding hydrogens is 290 g/mol. The third-order valence-electron chi connectivity index (χ3n) is 4.87. The number of hydrogen-bond donors (Lipinski definition) is 0. The lowest BCUT2D eigenvalue weighted by molar-refractivity contribution is 0.162. The van der Waals surface area contributed by atoms with Crippen molar-refractivity contribution < 1.29 is 0 Å². The van der Waals surface area contributed by atoms with Gasteiger partial charge in [-0.05, 0) is 60.3 Å². The third kappa shape index (κ3) is 4.99. The SMILES string of the molecule is CC1CCCN(CC(C)Cc2ccc(CCl)cc2C(C)C)C1. The molecule has 1 aliphatic heterocycles. The molecule has 0 aliphatic carbocycles. The maximum Gasteiger partial charge on any atom is 0.0474 e. The van der Waals surface area contributed by atoms with Crippen LogP contribution in [-0.2, 0) is 12.3 Å². The summed E-state index contributed by atoms with van der Waals surface area (Å²) < 4.78 is 0. The number of hydrogen-bond acceptors (Lipinski definition) is 1. The van der Waals surface area contributed by atoms with Crippen molar-refractivity contribution in [2.75, 3.05) is 19.6 Å². The molecule has 1 saturated heterocycles. The summed E-state index contributed by atoms with van der Waals surface area (Å²) in [7, 11) is 0. The normalized spacial score (nSPS) is 21.3. The first-order chi connectivity index (χ1) is 10.5. The Bertz CT molecular complexity index is 469. The van der Waals surface area contributed by atoms with E-state index in [2.05, 4.69) is 50.8 Å². The summed E-state index contributed by atoms with van der Waals surface area (Å²) in [5, 5.41) is 0. The van der Waals surface area contributed by atoms with E-state index in [1.165, 1.54) is 55.6 Å². The van der Waals surface area contributed by atoms with Crippen LogP contribution < -0.4 is 0 Å². The summed E-state index contributed by atoms with van der Waals surface area (Å²) >= 11 is 6.00. The fraction of sp³-hybridized carbons (Fsp3) is 0.700. The molecule has 0 spiro atoms. The predicted octanol–water partition coefficient (Wildman–Crippen LogP) is 5.46. The quantitative estimate of drug-likeness (QED) is 0.629. The van der Waals surface area contributed by atoms with Crippen molar-refractivity contribution in [3.05, 3.63) is 34.9 Å². The molecule has 2 heteroatoms. The van der Waals surface area contributed by atoms with Gasteiger partial charge in [-0.3, -0.25) is 0 Å². The number of benzene rings is 1. The maximum absolute atomic E-state index is 6.00. The minimum absolute atomic E-state index is 0.570. The Morgan fingerprint density at radius 2 is 2.05 bits per heavy atom. The predicted molar refractivity (Wildman–Crippen MR) is 97.8 cm³/mol. The molecule has 0 aromatic heterocycles. The molecule has 1 fully saturated rings. The zero-order valence-electron chi connectivity index (χ0n) is 14.7. The van der Waals surface area contributed by atoms with E-state index in [-0.39, 0.29) is 0 Å². The zero-order chi connectivity index (χ0) is 16.1. The fourth-order valence-corrected chi connectivity index (χ4v) is 3.95. The number of rotatable bonds is 6. The second-order valence-electron chi connectivity index (χ2n) is 7.64. The maximum atomic E-state index is 6.00. The van der Waals surface area contributed by atoms with Crippen LogP contribution in [0.3, 0.4) is 0 Å². The van der Waals surface area contributed by atoms with Gasteiger partial charge in [0.25, 0.3) is 0 Å². The van der Waals surface area contributed by atoms with Gasteiger partial charge in [-0.2, -0.15) is 0 Å². The van der Waals surface area contributed by atoms with Crippen molar-refractivity contribution in [2.24, 2.45) is 11.8 Å². The summed E-state index contributed by atoms with van der Waals surface area (Å²) in [5.41, 5.74) is 4.24. The van der Waals surface area contributed by atoms with Crippen LogP contribution in [0.15, 0.2) is 18.2 Å². The van der Waals surface area contributed by atoms with Crippen LogP contribution in [0.4, 0.5) is 0 Å². The Morgan fingerprint density at radius 1 is 1.27 bits per heavy atom. The fourth-order valence-electron chi connectivity index (χ4n) is 3.78. The molecule has 124 valence electrons. The number of nitrogens with zero attached hydrogens (tertiary/aromatic N) is 1. The summed E-state index contributed by atoms with van der Waals surface area (Å²) in [6.45, 7) is 13.2. The van der Waals surface area contributed by atoms with Gasteiger partial charge >= 0.3 is 0 Å². The van der Waals surface area contributed by atoms with Crippen molar-refractivity contribution >= 4 is 11.6 Å². The van der Waals surface area contributed by atoms with Gasteiger partial charge in [0.1, 0.15) is 0 Å². The standard InChI is InChI=1S/C20H32ClN/c1-15(2)20-11-18(12-21)7-8-19(20)10-17(4)14-22-9-5-6-16(3)13-22/h7-8,11,15-17H,5-6,9-10,12-14H2,1-4H3. The largest absolute Gasteiger partial charge is 0.303 e. The molecule has 1 nitrogen and oxygen atoms in total. The van der Waals surface area contributed by atoms with Crippen molar-refractivity contribution in [1.29, 1.82) is 0 Å². The molecule has 0 radical (unpaired) electrons. The van der Waals surface area contributed by atoms with E-state index in [1.54, 1.807) is 0 Å². The molecule has 22 heavy (non-hydrogen) atoms. The van der Waals surface area contributed by atoms with Crippen molar-refractivity contribution in [2.45, 2.75) is 58.8 Å². The van der Waals surface area contributed by atoms with E-state index >= 15 is 0 Å². The molecule has 2 rings (SSSR count). The van der Waals surface area contributed by atoms with Gasteiger partial charge in [-0.25, -0.2) is 0 Å². The number of alkyl halides is 1. The highest BCUT2D eigenvalue weighted by Crippen LogP contribution is 2.25. The monoisotopic (exact) mass is 321 g/mol. The molecule has 1 heterocycles. The number of piperidine rings is 1. The third-order valence-corrected chi connectivity index (χ3v) is 5.17. The van der Waals surface area contributed by atoms with E-state index in [9.17, 15) is 0 Å². The Balaban J connectivity index is 1.99. The summed E-state index contributed by atoms with van der Waals surface area (Å²) in [5.74, 6) is 2.77. The zero-order valence-corrected chi connectivity index (χ0v) is 15.5. The average molecular weight is 322 g/mol. The van der Waals surface area contributed by atoms with Crippen LogP contribution in [-0.4, -0.2) is 24.5 Å². The first-order valence-electron chi connectivity index (χ1n) is 8.89. The van der Waals surface area contributed by atoms with Crippen molar-refractivity contribution in [3.8, 4) is 0 Å². The van der Waals surface area contributed by atoms with Crippen LogP contribution >= 0.6 is 11.6 Å². The molecule has 2 unspecified atom stereocenters. The molecule has 0 amide bonds. The van der Waals surface area contributed by atoms with Crippen LogP contribution in [0.1, 0.15) is 63.1 Å². The first-order valence-corrected chi connectivity index (χ1v) is 9.43. The van der Waals surface area contributed by atoms with Gasteiger partial charge in [0.2, 0.25) is 0 Å². The second kappa shape index (κ2) is 8.36. The van der Waals surface area contributed by atoms with Crippen molar-refractivity contribution in [3.63, 3.8) is 0 Å². The van der Waals surface area contributed by atoms with Gasteiger partial charge in [-0.1, -0.05) is 45.9 Å². The molecule has 0 N–H and O–H groups in total. The van der Waals surface area contributed by atoms with E-state index in [4.69, 9.17) is 11.6 Å². The van der Waals surface area contributed by atoms with Gasteiger partial charge in [0.05, 0.1) is 0 Å². The van der Waals surface area contributed by atoms with Gasteiger partial charge < -0.3 is 4.90 Å². The highest BCUT2D eigenvalue weighted by Gasteiger charge is 2.19. The highest BCUT2D eigenvalue weighted by atomic mass is 35.5. The van der Waals surface area contributed by atoms with E-state index < -0.39 is 0 Å². The Hall–Kier alpha value is -0.530. The molecular formula is C20H32ClN. The Labute approximate surface area is 142 Å². The van der Waals surface area contributed by atoms with Crippen LogP contribution in [0.2, 0.25) is 0 Å². The van der Waals surface area contributed by atoms with E-state index in [0.717, 1.165) is 5.92 Å². The number of halogens is 1. The lowest BCUT2D eigenvalue weighted by Crippen LogP contribution is -2.37. The van der Waals surface area contributed by atoms with E-state index in [1.807, 2.05) is 0 Å². The minimum atomic E-state index is 0.570. The first kappa shape index (κ1) is 17.8. The van der Waals surface area contributed by atoms with Gasteiger partial charge in [0.15, 0.2) is 0 Å². The Kier molecular flexibility index (Phi) is 6.77. The van der Waals surface area contributed by atoms with E-state index in [0.29, 0.717) is 17.7 Å². The molecule has 0 bridgehead atoms. The van der Waals surface area contributed by atoms with Crippen LogP contribution in [0.5, 0.6) is 0 Å². The molecule has 0 saturated carbocycles. The molecule has 1 aromatic carbocycles.